The van der Waals surface area contributed by atoms with E-state index in [9.17, 15) is 18.0 Å². The highest BCUT2D eigenvalue weighted by Crippen LogP contribution is 2.29. The SMILES string of the molecule is Cc1cc(NC(=O)C2CCN(c3ccc4nnc(C(F)(F)F)n4n3)CC2)n(C(C)(C)C)n1. The zero-order valence-electron chi connectivity index (χ0n) is 18.3. The standard InChI is InChI=1S/C20H25F3N8O/c1-12-11-16(31(27-12)19(2,3)4)24-17(32)13-7-9-29(10-8-13)15-6-5-14-25-26-18(20(21,22)23)30(14)28-15/h5-6,11,13H,7-10H2,1-4H3,(H,24,32). The molecule has 3 aromatic rings. The topological polar surface area (TPSA) is 93.2 Å². The monoisotopic (exact) mass is 450 g/mol. The van der Waals surface area contributed by atoms with Gasteiger partial charge in [-0.05, 0) is 52.7 Å². The molecule has 1 N–H and O–H groups in total. The van der Waals surface area contributed by atoms with Crippen molar-refractivity contribution in [3.63, 3.8) is 0 Å². The van der Waals surface area contributed by atoms with Gasteiger partial charge < -0.3 is 10.2 Å². The summed E-state index contributed by atoms with van der Waals surface area (Å²) in [5, 5.41) is 18.3. The number of amides is 1. The summed E-state index contributed by atoms with van der Waals surface area (Å²) in [7, 11) is 0. The minimum Gasteiger partial charge on any atom is -0.355 e. The Kier molecular flexibility index (Phi) is 5.33. The summed E-state index contributed by atoms with van der Waals surface area (Å²) < 4.78 is 41.9. The quantitative estimate of drug-likeness (QED) is 0.659. The molecule has 0 aromatic carbocycles. The largest absolute Gasteiger partial charge is 0.453 e. The second kappa shape index (κ2) is 7.75. The van der Waals surface area contributed by atoms with Crippen molar-refractivity contribution < 1.29 is 18.0 Å². The highest BCUT2D eigenvalue weighted by atomic mass is 19.4. The molecule has 1 aliphatic rings. The van der Waals surface area contributed by atoms with Crippen molar-refractivity contribution in [2.75, 3.05) is 23.3 Å². The number of anilines is 2. The molecular formula is C20H25F3N8O. The molecule has 1 aliphatic heterocycles. The molecule has 0 saturated carbocycles. The fraction of sp³-hybridized carbons (Fsp3) is 0.550. The third kappa shape index (κ3) is 4.26. The number of rotatable bonds is 3. The molecule has 172 valence electrons. The number of aryl methyl sites for hydroxylation is 1. The van der Waals surface area contributed by atoms with Crippen LogP contribution in [-0.4, -0.2) is 48.6 Å². The van der Waals surface area contributed by atoms with E-state index in [-0.39, 0.29) is 23.0 Å². The van der Waals surface area contributed by atoms with Gasteiger partial charge in [0, 0.05) is 25.1 Å². The van der Waals surface area contributed by atoms with Crippen LogP contribution in [0.3, 0.4) is 0 Å². The molecule has 32 heavy (non-hydrogen) atoms. The summed E-state index contributed by atoms with van der Waals surface area (Å²) in [6, 6.07) is 4.92. The molecule has 0 bridgehead atoms. The molecular weight excluding hydrogens is 425 g/mol. The van der Waals surface area contributed by atoms with Gasteiger partial charge in [0.15, 0.2) is 5.65 Å². The maximum absolute atomic E-state index is 13.1. The van der Waals surface area contributed by atoms with E-state index in [1.165, 1.54) is 6.07 Å². The first-order valence-corrected chi connectivity index (χ1v) is 10.4. The molecule has 0 radical (unpaired) electrons. The van der Waals surface area contributed by atoms with Crippen LogP contribution in [-0.2, 0) is 16.5 Å². The van der Waals surface area contributed by atoms with Crippen LogP contribution in [0.1, 0.15) is 45.1 Å². The van der Waals surface area contributed by atoms with Gasteiger partial charge in [0.05, 0.1) is 11.2 Å². The highest BCUT2D eigenvalue weighted by molar-refractivity contribution is 5.92. The van der Waals surface area contributed by atoms with Crippen molar-refractivity contribution in [3.8, 4) is 0 Å². The van der Waals surface area contributed by atoms with Gasteiger partial charge in [-0.3, -0.25) is 4.79 Å². The van der Waals surface area contributed by atoms with Crippen LogP contribution in [0.4, 0.5) is 24.8 Å². The Bertz CT molecular complexity index is 1140. The minimum atomic E-state index is -4.64. The second-order valence-electron chi connectivity index (χ2n) is 8.99. The van der Waals surface area contributed by atoms with Gasteiger partial charge in [-0.25, -0.2) is 4.68 Å². The van der Waals surface area contributed by atoms with Crippen molar-refractivity contribution in [3.05, 3.63) is 29.7 Å². The Morgan fingerprint density at radius 1 is 1.09 bits per heavy atom. The predicted octanol–water partition coefficient (Wildman–Crippen LogP) is 3.26. The molecule has 1 amide bonds. The fourth-order valence-corrected chi connectivity index (χ4v) is 3.82. The molecule has 0 atom stereocenters. The normalized spacial score (nSPS) is 16.0. The zero-order chi connectivity index (χ0) is 23.3. The molecule has 1 saturated heterocycles. The Balaban J connectivity index is 1.44. The van der Waals surface area contributed by atoms with Gasteiger partial charge >= 0.3 is 6.18 Å². The third-order valence-electron chi connectivity index (χ3n) is 5.41. The van der Waals surface area contributed by atoms with E-state index >= 15 is 0 Å². The Hall–Kier alpha value is -3.18. The lowest BCUT2D eigenvalue weighted by atomic mass is 9.96. The maximum Gasteiger partial charge on any atom is 0.453 e. The van der Waals surface area contributed by atoms with Gasteiger partial charge in [0.1, 0.15) is 11.6 Å². The first kappa shape index (κ1) is 22.0. The number of hydrogen-bond acceptors (Lipinski definition) is 6. The lowest BCUT2D eigenvalue weighted by molar-refractivity contribution is -0.146. The molecule has 0 spiro atoms. The van der Waals surface area contributed by atoms with E-state index in [1.54, 1.807) is 10.7 Å². The number of alkyl halides is 3. The van der Waals surface area contributed by atoms with Crippen LogP contribution in [0.15, 0.2) is 18.2 Å². The van der Waals surface area contributed by atoms with Crippen molar-refractivity contribution in [1.29, 1.82) is 0 Å². The molecule has 1 fully saturated rings. The van der Waals surface area contributed by atoms with E-state index in [1.807, 2.05) is 38.7 Å². The number of aromatic nitrogens is 6. The number of piperidine rings is 1. The van der Waals surface area contributed by atoms with E-state index < -0.39 is 12.0 Å². The van der Waals surface area contributed by atoms with Gasteiger partial charge in [0.2, 0.25) is 5.91 Å². The highest BCUT2D eigenvalue weighted by Gasteiger charge is 2.38. The predicted molar refractivity (Wildman–Crippen MR) is 111 cm³/mol. The summed E-state index contributed by atoms with van der Waals surface area (Å²) in [4.78, 5) is 14.7. The number of halogens is 3. The number of fused-ring (bicyclic) bond motifs is 1. The molecule has 3 aromatic heterocycles. The van der Waals surface area contributed by atoms with Crippen LogP contribution >= 0.6 is 0 Å². The van der Waals surface area contributed by atoms with Crippen LogP contribution in [0, 0.1) is 12.8 Å². The number of hydrogen-bond donors (Lipinski definition) is 1. The van der Waals surface area contributed by atoms with Crippen molar-refractivity contribution in [2.24, 2.45) is 5.92 Å². The van der Waals surface area contributed by atoms with E-state index in [2.05, 4.69) is 25.7 Å². The lowest BCUT2D eigenvalue weighted by Gasteiger charge is -2.32. The number of nitrogens with one attached hydrogen (secondary N) is 1. The molecule has 12 heteroatoms. The summed E-state index contributed by atoms with van der Waals surface area (Å²) in [6.07, 6.45) is -3.53. The zero-order valence-corrected chi connectivity index (χ0v) is 18.3. The summed E-state index contributed by atoms with van der Waals surface area (Å²) in [6.45, 7) is 8.90. The van der Waals surface area contributed by atoms with Gasteiger partial charge in [-0.15, -0.1) is 15.3 Å². The first-order valence-electron chi connectivity index (χ1n) is 10.4. The summed E-state index contributed by atoms with van der Waals surface area (Å²) in [5.41, 5.74) is 0.571. The number of nitrogens with zero attached hydrogens (tertiary/aromatic N) is 7. The maximum atomic E-state index is 13.1. The Labute approximate surface area is 182 Å². The second-order valence-corrected chi connectivity index (χ2v) is 8.99. The van der Waals surface area contributed by atoms with Gasteiger partial charge in [-0.2, -0.15) is 22.8 Å². The molecule has 4 heterocycles. The van der Waals surface area contributed by atoms with Crippen LogP contribution in [0.25, 0.3) is 5.65 Å². The van der Waals surface area contributed by atoms with Gasteiger partial charge in [0.25, 0.3) is 5.82 Å². The van der Waals surface area contributed by atoms with E-state index in [0.29, 0.717) is 42.1 Å². The first-order chi connectivity index (χ1) is 14.9. The molecule has 0 unspecified atom stereocenters. The summed E-state index contributed by atoms with van der Waals surface area (Å²) >= 11 is 0. The number of carbonyl (C=O) groups excluding carboxylic acids is 1. The number of carbonyl (C=O) groups is 1. The fourth-order valence-electron chi connectivity index (χ4n) is 3.82. The van der Waals surface area contributed by atoms with E-state index in [4.69, 9.17) is 0 Å². The minimum absolute atomic E-state index is 0.0288. The van der Waals surface area contributed by atoms with Crippen molar-refractivity contribution in [2.45, 2.75) is 52.3 Å². The van der Waals surface area contributed by atoms with E-state index in [0.717, 1.165) is 5.69 Å². The Morgan fingerprint density at radius 3 is 2.41 bits per heavy atom. The average molecular weight is 450 g/mol. The molecule has 9 nitrogen and oxygen atoms in total. The van der Waals surface area contributed by atoms with Crippen LogP contribution in [0.5, 0.6) is 0 Å². The molecule has 4 rings (SSSR count). The lowest BCUT2D eigenvalue weighted by Crippen LogP contribution is -2.39. The van der Waals surface area contributed by atoms with Crippen molar-refractivity contribution in [1.82, 2.24) is 29.6 Å². The Morgan fingerprint density at radius 2 is 1.78 bits per heavy atom. The van der Waals surface area contributed by atoms with Crippen molar-refractivity contribution >= 4 is 23.2 Å². The average Bonchev–Trinajstić information content (AvgIpc) is 3.30. The van der Waals surface area contributed by atoms with Crippen LogP contribution < -0.4 is 10.2 Å². The van der Waals surface area contributed by atoms with Crippen LogP contribution in [0.2, 0.25) is 0 Å². The smallest absolute Gasteiger partial charge is 0.355 e. The van der Waals surface area contributed by atoms with Gasteiger partial charge in [-0.1, -0.05) is 0 Å². The summed E-state index contributed by atoms with van der Waals surface area (Å²) in [5.74, 6) is -0.407. The third-order valence-corrected chi connectivity index (χ3v) is 5.41. The molecule has 0 aliphatic carbocycles.